The van der Waals surface area contributed by atoms with Crippen LogP contribution < -0.4 is 0 Å². The Morgan fingerprint density at radius 2 is 1.72 bits per heavy atom. The molecule has 1 aromatic carbocycles. The minimum Gasteiger partial charge on any atom is -0.336 e. The van der Waals surface area contributed by atoms with Crippen molar-refractivity contribution in [3.63, 3.8) is 0 Å². The van der Waals surface area contributed by atoms with Gasteiger partial charge in [0.1, 0.15) is 0 Å². The van der Waals surface area contributed by atoms with E-state index in [0.717, 1.165) is 45.1 Å². The lowest BCUT2D eigenvalue weighted by atomic mass is 10.0. The van der Waals surface area contributed by atoms with Crippen LogP contribution in [-0.4, -0.2) is 49.2 Å². The van der Waals surface area contributed by atoms with Crippen LogP contribution >= 0.6 is 0 Å². The highest BCUT2D eigenvalue weighted by Gasteiger charge is 2.30. The lowest BCUT2D eigenvalue weighted by Crippen LogP contribution is -2.42. The Bertz CT molecular complexity index is 739. The van der Waals surface area contributed by atoms with E-state index in [1.807, 2.05) is 4.90 Å². The predicted octanol–water partition coefficient (Wildman–Crippen LogP) is 3.18. The molecule has 6 heteroatoms. The molecule has 2 aliphatic rings. The smallest absolute Gasteiger partial charge is 0.254 e. The average molecular weight is 365 g/mol. The van der Waals surface area contributed by atoms with E-state index in [1.165, 1.54) is 0 Å². The van der Waals surface area contributed by atoms with Gasteiger partial charge in [0.25, 0.3) is 5.91 Å². The zero-order chi connectivity index (χ0) is 18.0. The Morgan fingerprint density at radius 1 is 1.04 bits per heavy atom. The van der Waals surface area contributed by atoms with Crippen LogP contribution in [0.15, 0.2) is 23.1 Å². The van der Waals surface area contributed by atoms with E-state index >= 15 is 0 Å². The van der Waals surface area contributed by atoms with Crippen LogP contribution in [0.3, 0.4) is 0 Å². The number of carbonyl (C=O) groups excluding carboxylic acids is 1. The summed E-state index contributed by atoms with van der Waals surface area (Å²) in [5.41, 5.74) is 1.18. The van der Waals surface area contributed by atoms with Crippen molar-refractivity contribution in [3.05, 3.63) is 29.3 Å². The van der Waals surface area contributed by atoms with Crippen LogP contribution in [0.25, 0.3) is 0 Å². The SMILES string of the molecule is Cc1ccc(C(=O)N2CCCCC2C)cc1S(=O)(=O)N1CCCCC1. The molecule has 0 N–H and O–H groups in total. The van der Waals surface area contributed by atoms with E-state index in [4.69, 9.17) is 0 Å². The van der Waals surface area contributed by atoms with Crippen molar-refractivity contribution in [2.75, 3.05) is 19.6 Å². The third kappa shape index (κ3) is 3.75. The summed E-state index contributed by atoms with van der Waals surface area (Å²) in [5, 5.41) is 0. The average Bonchev–Trinajstić information content (AvgIpc) is 2.62. The van der Waals surface area contributed by atoms with E-state index < -0.39 is 10.0 Å². The minimum atomic E-state index is -3.53. The molecule has 2 heterocycles. The third-order valence-electron chi connectivity index (χ3n) is 5.43. The number of rotatable bonds is 3. The van der Waals surface area contributed by atoms with E-state index in [9.17, 15) is 13.2 Å². The summed E-state index contributed by atoms with van der Waals surface area (Å²) in [4.78, 5) is 15.1. The van der Waals surface area contributed by atoms with Gasteiger partial charge in [-0.1, -0.05) is 12.5 Å². The molecule has 5 nitrogen and oxygen atoms in total. The van der Waals surface area contributed by atoms with Gasteiger partial charge in [-0.3, -0.25) is 4.79 Å². The van der Waals surface area contributed by atoms with Gasteiger partial charge in [-0.15, -0.1) is 0 Å². The summed E-state index contributed by atoms with van der Waals surface area (Å²) >= 11 is 0. The zero-order valence-electron chi connectivity index (χ0n) is 15.2. The molecular weight excluding hydrogens is 336 g/mol. The monoisotopic (exact) mass is 364 g/mol. The van der Waals surface area contributed by atoms with Crippen LogP contribution in [0, 0.1) is 6.92 Å². The molecule has 0 aliphatic carbocycles. The van der Waals surface area contributed by atoms with Crippen molar-refractivity contribution in [2.45, 2.75) is 63.3 Å². The number of hydrogen-bond acceptors (Lipinski definition) is 3. The van der Waals surface area contributed by atoms with Crippen molar-refractivity contribution < 1.29 is 13.2 Å². The number of piperidine rings is 2. The molecule has 1 amide bonds. The van der Waals surface area contributed by atoms with Gasteiger partial charge in [-0.2, -0.15) is 4.31 Å². The summed E-state index contributed by atoms with van der Waals surface area (Å²) in [6.07, 6.45) is 6.06. The molecular formula is C19H28N2O3S. The normalized spacial score (nSPS) is 22.8. The van der Waals surface area contributed by atoms with Crippen molar-refractivity contribution >= 4 is 15.9 Å². The van der Waals surface area contributed by atoms with E-state index in [-0.39, 0.29) is 16.8 Å². The fourth-order valence-electron chi connectivity index (χ4n) is 3.82. The second kappa shape index (κ2) is 7.46. The zero-order valence-corrected chi connectivity index (χ0v) is 16.0. The lowest BCUT2D eigenvalue weighted by molar-refractivity contribution is 0.0635. The van der Waals surface area contributed by atoms with Crippen LogP contribution in [0.1, 0.15) is 61.4 Å². The number of benzene rings is 1. The Balaban J connectivity index is 1.91. The van der Waals surface area contributed by atoms with Gasteiger partial charge in [0, 0.05) is 31.2 Å². The van der Waals surface area contributed by atoms with Crippen LogP contribution in [-0.2, 0) is 10.0 Å². The van der Waals surface area contributed by atoms with Crippen molar-refractivity contribution in [1.29, 1.82) is 0 Å². The Kier molecular flexibility index (Phi) is 5.49. The van der Waals surface area contributed by atoms with E-state index in [0.29, 0.717) is 24.2 Å². The molecule has 3 rings (SSSR count). The van der Waals surface area contributed by atoms with Gasteiger partial charge >= 0.3 is 0 Å². The first-order chi connectivity index (χ1) is 11.9. The standard InChI is InChI=1S/C19H28N2O3S/c1-15-9-10-17(19(22)21-13-7-4-8-16(21)2)14-18(15)25(23,24)20-11-5-3-6-12-20/h9-10,14,16H,3-8,11-13H2,1-2H3. The van der Waals surface area contributed by atoms with Gasteiger partial charge in [-0.25, -0.2) is 8.42 Å². The van der Waals surface area contributed by atoms with Crippen molar-refractivity contribution in [2.24, 2.45) is 0 Å². The van der Waals surface area contributed by atoms with Gasteiger partial charge in [0.05, 0.1) is 4.90 Å². The Labute approximate surface area is 151 Å². The molecule has 138 valence electrons. The number of sulfonamides is 1. The third-order valence-corrected chi connectivity index (χ3v) is 7.47. The van der Waals surface area contributed by atoms with Crippen molar-refractivity contribution in [1.82, 2.24) is 9.21 Å². The molecule has 2 saturated heterocycles. The molecule has 0 bridgehead atoms. The molecule has 0 radical (unpaired) electrons. The second-order valence-corrected chi connectivity index (χ2v) is 9.19. The first-order valence-electron chi connectivity index (χ1n) is 9.33. The first-order valence-corrected chi connectivity index (χ1v) is 10.8. The maximum atomic E-state index is 13.0. The summed E-state index contributed by atoms with van der Waals surface area (Å²) < 4.78 is 27.6. The summed E-state index contributed by atoms with van der Waals surface area (Å²) in [6.45, 7) is 5.76. The number of carbonyl (C=O) groups is 1. The van der Waals surface area contributed by atoms with Crippen molar-refractivity contribution in [3.8, 4) is 0 Å². The maximum Gasteiger partial charge on any atom is 0.254 e. The molecule has 1 aromatic rings. The van der Waals surface area contributed by atoms with Crippen LogP contribution in [0.5, 0.6) is 0 Å². The van der Waals surface area contributed by atoms with Gasteiger partial charge in [0.15, 0.2) is 0 Å². The predicted molar refractivity (Wildman–Crippen MR) is 98.1 cm³/mol. The molecule has 25 heavy (non-hydrogen) atoms. The number of hydrogen-bond donors (Lipinski definition) is 0. The summed E-state index contributed by atoms with van der Waals surface area (Å²) in [7, 11) is -3.53. The molecule has 2 fully saturated rings. The summed E-state index contributed by atoms with van der Waals surface area (Å²) in [5.74, 6) is -0.0534. The topological polar surface area (TPSA) is 57.7 Å². The summed E-state index contributed by atoms with van der Waals surface area (Å²) in [6, 6.07) is 5.32. The van der Waals surface area contributed by atoms with Gasteiger partial charge < -0.3 is 4.90 Å². The number of nitrogens with zero attached hydrogens (tertiary/aromatic N) is 2. The van der Waals surface area contributed by atoms with E-state index in [2.05, 4.69) is 6.92 Å². The first kappa shape index (κ1) is 18.4. The Morgan fingerprint density at radius 3 is 2.40 bits per heavy atom. The molecule has 1 unspecified atom stereocenters. The fraction of sp³-hybridized carbons (Fsp3) is 0.632. The molecule has 0 spiro atoms. The van der Waals surface area contributed by atoms with Crippen LogP contribution in [0.2, 0.25) is 0 Å². The minimum absolute atomic E-state index is 0.0534. The Hall–Kier alpha value is -1.40. The number of amides is 1. The van der Waals surface area contributed by atoms with E-state index in [1.54, 1.807) is 29.4 Å². The molecule has 0 aromatic heterocycles. The maximum absolute atomic E-state index is 13.0. The fourth-order valence-corrected chi connectivity index (χ4v) is 5.59. The highest BCUT2D eigenvalue weighted by Crippen LogP contribution is 2.26. The molecule has 1 atom stereocenters. The van der Waals surface area contributed by atoms with Gasteiger partial charge in [0.2, 0.25) is 10.0 Å². The van der Waals surface area contributed by atoms with Gasteiger partial charge in [-0.05, 0) is 63.6 Å². The second-order valence-electron chi connectivity index (χ2n) is 7.29. The highest BCUT2D eigenvalue weighted by molar-refractivity contribution is 7.89. The number of aryl methyl sites for hydroxylation is 1. The lowest BCUT2D eigenvalue weighted by Gasteiger charge is -2.33. The molecule has 0 saturated carbocycles. The highest BCUT2D eigenvalue weighted by atomic mass is 32.2. The van der Waals surface area contributed by atoms with Crippen LogP contribution in [0.4, 0.5) is 0 Å². The number of likely N-dealkylation sites (tertiary alicyclic amines) is 1. The largest absolute Gasteiger partial charge is 0.336 e. The quantitative estimate of drug-likeness (QED) is 0.828. The molecule has 2 aliphatic heterocycles.